The average Bonchev–Trinajstić information content (AvgIpc) is 3.24. The third-order valence-electron chi connectivity index (χ3n) is 7.41. The van der Waals surface area contributed by atoms with E-state index in [-0.39, 0.29) is 22.6 Å². The molecule has 2 bridgehead atoms. The number of hydrogen-bond donors (Lipinski definition) is 1. The van der Waals surface area contributed by atoms with Crippen molar-refractivity contribution in [2.24, 2.45) is 0 Å². The number of aromatic nitrogens is 3. The molecule has 3 aliphatic rings. The van der Waals surface area contributed by atoms with Crippen LogP contribution in [0.2, 0.25) is 5.02 Å². The van der Waals surface area contributed by atoms with Crippen LogP contribution >= 0.6 is 11.6 Å². The summed E-state index contributed by atoms with van der Waals surface area (Å²) in [4.78, 5) is 22.0. The maximum atomic E-state index is 13.0. The summed E-state index contributed by atoms with van der Waals surface area (Å²) in [6, 6.07) is 12.2. The number of carbonyl (C=O) groups is 1. The topological polar surface area (TPSA) is 115 Å². The Hall–Kier alpha value is -2.78. The molecule has 8 nitrogen and oxygen atoms in total. The van der Waals surface area contributed by atoms with E-state index in [4.69, 9.17) is 16.1 Å². The van der Waals surface area contributed by atoms with Gasteiger partial charge >= 0.3 is 0 Å². The second-order valence-electron chi connectivity index (χ2n) is 9.74. The smallest absolute Gasteiger partial charge is 0.270 e. The van der Waals surface area contributed by atoms with Gasteiger partial charge in [0.15, 0.2) is 9.84 Å². The number of nitrogens with zero attached hydrogens (tertiary/aromatic N) is 3. The normalized spacial score (nSPS) is 25.1. The summed E-state index contributed by atoms with van der Waals surface area (Å²) >= 11 is 5.94. The van der Waals surface area contributed by atoms with E-state index in [9.17, 15) is 13.2 Å². The number of rotatable bonds is 7. The van der Waals surface area contributed by atoms with Gasteiger partial charge in [0.25, 0.3) is 5.91 Å². The van der Waals surface area contributed by atoms with Crippen molar-refractivity contribution >= 4 is 27.3 Å². The minimum absolute atomic E-state index is 0.211. The summed E-state index contributed by atoms with van der Waals surface area (Å²) in [7, 11) is -3.41. The standard InChI is InChI=1S/C24H25ClN4O4S/c1-4-22(2,34(3,31)32)18-7-5-6-17(26-18)20(30)28-24-12-23(13-24,14-24)21-27-19(29-33-21)15-8-10-16(25)11-9-15/h5-11H,4,12-14H2,1-3H3,(H,28,30). The lowest BCUT2D eigenvalue weighted by molar-refractivity contribution is -0.0985. The minimum Gasteiger partial charge on any atom is -0.345 e. The van der Waals surface area contributed by atoms with Gasteiger partial charge in [-0.1, -0.05) is 29.7 Å². The van der Waals surface area contributed by atoms with Gasteiger partial charge in [-0.2, -0.15) is 4.98 Å². The molecule has 2 heterocycles. The molecule has 10 heteroatoms. The quantitative estimate of drug-likeness (QED) is 0.520. The van der Waals surface area contributed by atoms with Crippen LogP contribution in [0.4, 0.5) is 0 Å². The molecule has 2 aromatic heterocycles. The second-order valence-corrected chi connectivity index (χ2v) is 12.6. The Morgan fingerprint density at radius 3 is 2.44 bits per heavy atom. The van der Waals surface area contributed by atoms with E-state index in [2.05, 4.69) is 20.4 Å². The average molecular weight is 501 g/mol. The number of pyridine rings is 1. The molecule has 1 amide bonds. The van der Waals surface area contributed by atoms with Crippen LogP contribution in [0.25, 0.3) is 11.4 Å². The SMILES string of the molecule is CCC(C)(c1cccc(C(=O)NC23CC(c4nc(-c5ccc(Cl)cc5)no4)(C2)C3)n1)S(C)(=O)=O. The Morgan fingerprint density at radius 1 is 1.15 bits per heavy atom. The zero-order valence-corrected chi connectivity index (χ0v) is 20.7. The molecule has 3 saturated carbocycles. The predicted octanol–water partition coefficient (Wildman–Crippen LogP) is 4.06. The summed E-state index contributed by atoms with van der Waals surface area (Å²) in [5.74, 6) is 0.787. The first-order valence-electron chi connectivity index (χ1n) is 11.1. The van der Waals surface area contributed by atoms with Crippen LogP contribution < -0.4 is 5.32 Å². The second kappa shape index (κ2) is 7.61. The van der Waals surface area contributed by atoms with E-state index in [1.165, 1.54) is 6.26 Å². The predicted molar refractivity (Wildman–Crippen MR) is 127 cm³/mol. The maximum Gasteiger partial charge on any atom is 0.270 e. The molecular weight excluding hydrogens is 476 g/mol. The van der Waals surface area contributed by atoms with Crippen molar-refractivity contribution in [3.8, 4) is 11.4 Å². The third kappa shape index (κ3) is 3.53. The molecule has 3 aliphatic carbocycles. The molecule has 3 fully saturated rings. The largest absolute Gasteiger partial charge is 0.345 e. The number of sulfone groups is 1. The van der Waals surface area contributed by atoms with Crippen LogP contribution in [0.15, 0.2) is 47.0 Å². The van der Waals surface area contributed by atoms with Gasteiger partial charge in [0.05, 0.1) is 11.1 Å². The number of benzene rings is 1. The van der Waals surface area contributed by atoms with Gasteiger partial charge in [-0.3, -0.25) is 4.79 Å². The Labute approximate surface area is 203 Å². The molecule has 0 radical (unpaired) electrons. The van der Waals surface area contributed by atoms with Crippen molar-refractivity contribution in [3.63, 3.8) is 0 Å². The monoisotopic (exact) mass is 500 g/mol. The highest BCUT2D eigenvalue weighted by molar-refractivity contribution is 7.91. The highest BCUT2D eigenvalue weighted by atomic mass is 35.5. The summed E-state index contributed by atoms with van der Waals surface area (Å²) in [5, 5.41) is 7.84. The summed E-state index contributed by atoms with van der Waals surface area (Å²) in [6.07, 6.45) is 3.69. The summed E-state index contributed by atoms with van der Waals surface area (Å²) in [6.45, 7) is 3.44. The van der Waals surface area contributed by atoms with E-state index < -0.39 is 14.6 Å². The van der Waals surface area contributed by atoms with Crippen molar-refractivity contribution in [1.82, 2.24) is 20.4 Å². The molecule has 1 atom stereocenters. The van der Waals surface area contributed by atoms with Crippen LogP contribution in [0.3, 0.4) is 0 Å². The summed E-state index contributed by atoms with van der Waals surface area (Å²) in [5.41, 5.74) is 0.877. The Morgan fingerprint density at radius 2 is 1.82 bits per heavy atom. The van der Waals surface area contributed by atoms with Crippen LogP contribution in [0.1, 0.15) is 61.6 Å². The molecule has 0 spiro atoms. The van der Waals surface area contributed by atoms with E-state index in [1.54, 1.807) is 44.2 Å². The molecule has 3 aromatic rings. The molecule has 0 aliphatic heterocycles. The lowest BCUT2D eigenvalue weighted by Crippen LogP contribution is -2.76. The lowest BCUT2D eigenvalue weighted by Gasteiger charge is -2.68. The van der Waals surface area contributed by atoms with E-state index in [0.717, 1.165) is 5.56 Å². The first-order valence-corrected chi connectivity index (χ1v) is 13.4. The van der Waals surface area contributed by atoms with Crippen molar-refractivity contribution in [2.45, 2.75) is 55.2 Å². The molecular formula is C24H25ClN4O4S. The van der Waals surface area contributed by atoms with Gasteiger partial charge in [0.1, 0.15) is 10.4 Å². The molecule has 1 unspecified atom stereocenters. The lowest BCUT2D eigenvalue weighted by atomic mass is 9.39. The zero-order chi connectivity index (χ0) is 24.4. The highest BCUT2D eigenvalue weighted by Gasteiger charge is 2.72. The van der Waals surface area contributed by atoms with Crippen LogP contribution in [0.5, 0.6) is 0 Å². The fourth-order valence-electron chi connectivity index (χ4n) is 5.10. The van der Waals surface area contributed by atoms with Gasteiger partial charge in [0, 0.05) is 22.4 Å². The van der Waals surface area contributed by atoms with Crippen LogP contribution in [-0.2, 0) is 20.0 Å². The van der Waals surface area contributed by atoms with Gasteiger partial charge < -0.3 is 9.84 Å². The van der Waals surface area contributed by atoms with Gasteiger partial charge in [-0.15, -0.1) is 0 Å². The number of halogens is 1. The number of hydrogen-bond acceptors (Lipinski definition) is 7. The van der Waals surface area contributed by atoms with E-state index >= 15 is 0 Å². The molecule has 6 rings (SSSR count). The number of amides is 1. The van der Waals surface area contributed by atoms with Crippen molar-refractivity contribution in [3.05, 3.63) is 64.8 Å². The molecule has 1 N–H and O–H groups in total. The molecule has 1 aromatic carbocycles. The van der Waals surface area contributed by atoms with Crippen molar-refractivity contribution in [1.29, 1.82) is 0 Å². The van der Waals surface area contributed by atoms with Gasteiger partial charge in [-0.25, -0.2) is 13.4 Å². The highest BCUT2D eigenvalue weighted by Crippen LogP contribution is 2.67. The Bertz CT molecular complexity index is 1370. The van der Waals surface area contributed by atoms with Crippen LogP contribution in [-0.4, -0.2) is 41.2 Å². The zero-order valence-electron chi connectivity index (χ0n) is 19.1. The maximum absolute atomic E-state index is 13.0. The van der Waals surface area contributed by atoms with Crippen LogP contribution in [0, 0.1) is 0 Å². The fourth-order valence-corrected chi connectivity index (χ4v) is 6.24. The fraction of sp³-hybridized carbons (Fsp3) is 0.417. The Kier molecular flexibility index (Phi) is 5.15. The first kappa shape index (κ1) is 23.0. The summed E-state index contributed by atoms with van der Waals surface area (Å²) < 4.78 is 29.1. The molecule has 178 valence electrons. The van der Waals surface area contributed by atoms with E-state index in [1.807, 2.05) is 12.1 Å². The third-order valence-corrected chi connectivity index (χ3v) is 9.79. The van der Waals surface area contributed by atoms with Crippen molar-refractivity contribution < 1.29 is 17.7 Å². The molecule has 34 heavy (non-hydrogen) atoms. The number of nitrogens with one attached hydrogen (secondary N) is 1. The number of carbonyl (C=O) groups excluding carboxylic acids is 1. The van der Waals surface area contributed by atoms with E-state index in [0.29, 0.717) is 48.1 Å². The van der Waals surface area contributed by atoms with Gasteiger partial charge in [0.2, 0.25) is 11.7 Å². The molecule has 0 saturated heterocycles. The van der Waals surface area contributed by atoms with Crippen molar-refractivity contribution in [2.75, 3.05) is 6.26 Å². The minimum atomic E-state index is -3.41. The Balaban J connectivity index is 1.27. The van der Waals surface area contributed by atoms with Gasteiger partial charge in [-0.05, 0) is 69.0 Å². The first-order chi connectivity index (χ1) is 16.0.